The molecule has 0 saturated carbocycles. The molecule has 12 heavy (non-hydrogen) atoms. The molecule has 0 unspecified atom stereocenters. The highest BCUT2D eigenvalue weighted by Gasteiger charge is 2.15. The van der Waals surface area contributed by atoms with Crippen molar-refractivity contribution in [3.63, 3.8) is 0 Å². The Morgan fingerprint density at radius 2 is 1.58 bits per heavy atom. The molecule has 74 valence electrons. The SMILES string of the molecule is [CH2-]OC(C)(C)CCOC(C)(C)C. The van der Waals surface area contributed by atoms with Crippen molar-refractivity contribution in [1.29, 1.82) is 0 Å². The quantitative estimate of drug-likeness (QED) is 0.609. The molecular formula is C10H21O2-. The fourth-order valence-corrected chi connectivity index (χ4v) is 0.675. The van der Waals surface area contributed by atoms with Gasteiger partial charge in [0.25, 0.3) is 0 Å². The van der Waals surface area contributed by atoms with E-state index in [4.69, 9.17) is 9.47 Å². The van der Waals surface area contributed by atoms with Crippen LogP contribution >= 0.6 is 0 Å². The van der Waals surface area contributed by atoms with Gasteiger partial charge in [0.15, 0.2) is 0 Å². The Bertz CT molecular complexity index is 122. The van der Waals surface area contributed by atoms with E-state index in [0.717, 1.165) is 6.42 Å². The maximum atomic E-state index is 5.56. The fourth-order valence-electron chi connectivity index (χ4n) is 0.675. The Kier molecular flexibility index (Phi) is 4.21. The maximum absolute atomic E-state index is 5.56. The molecule has 2 nitrogen and oxygen atoms in total. The molecule has 0 aliphatic heterocycles. The average molecular weight is 173 g/mol. The van der Waals surface area contributed by atoms with Gasteiger partial charge in [-0.15, -0.1) is 0 Å². The Morgan fingerprint density at radius 1 is 1.08 bits per heavy atom. The van der Waals surface area contributed by atoms with E-state index in [-0.39, 0.29) is 11.2 Å². The van der Waals surface area contributed by atoms with E-state index in [1.165, 1.54) is 0 Å². The fraction of sp³-hybridized carbons (Fsp3) is 0.900. The molecular weight excluding hydrogens is 152 g/mol. The first-order chi connectivity index (χ1) is 5.27. The third kappa shape index (κ3) is 6.62. The van der Waals surface area contributed by atoms with E-state index >= 15 is 0 Å². The van der Waals surface area contributed by atoms with Crippen LogP contribution in [0, 0.1) is 7.11 Å². The van der Waals surface area contributed by atoms with E-state index in [0.29, 0.717) is 6.61 Å². The minimum absolute atomic E-state index is 0.0583. The van der Waals surface area contributed by atoms with Crippen molar-refractivity contribution in [3.8, 4) is 0 Å². The van der Waals surface area contributed by atoms with Crippen LogP contribution in [0.15, 0.2) is 0 Å². The summed E-state index contributed by atoms with van der Waals surface area (Å²) in [5.74, 6) is 0. The molecule has 0 aliphatic carbocycles. The predicted octanol–water partition coefficient (Wildman–Crippen LogP) is 2.78. The van der Waals surface area contributed by atoms with Gasteiger partial charge in [-0.25, -0.2) is 7.11 Å². The Balaban J connectivity index is 3.57. The zero-order valence-electron chi connectivity index (χ0n) is 8.94. The van der Waals surface area contributed by atoms with Gasteiger partial charge in [0.2, 0.25) is 0 Å². The van der Waals surface area contributed by atoms with Crippen molar-refractivity contribution in [3.05, 3.63) is 7.11 Å². The van der Waals surface area contributed by atoms with Gasteiger partial charge < -0.3 is 9.47 Å². The van der Waals surface area contributed by atoms with Crippen LogP contribution in [0.25, 0.3) is 0 Å². The number of hydrogen-bond acceptors (Lipinski definition) is 2. The Morgan fingerprint density at radius 3 is 1.92 bits per heavy atom. The lowest BCUT2D eigenvalue weighted by molar-refractivity contribution is -0.0411. The van der Waals surface area contributed by atoms with Gasteiger partial charge in [-0.3, -0.25) is 0 Å². The number of hydrogen-bond donors (Lipinski definition) is 0. The van der Waals surface area contributed by atoms with Crippen LogP contribution < -0.4 is 0 Å². The minimum Gasteiger partial charge on any atom is -0.551 e. The van der Waals surface area contributed by atoms with E-state index in [2.05, 4.69) is 7.11 Å². The largest absolute Gasteiger partial charge is 0.551 e. The molecule has 0 saturated heterocycles. The van der Waals surface area contributed by atoms with Crippen LogP contribution in [0.1, 0.15) is 41.0 Å². The molecule has 0 fully saturated rings. The molecule has 0 radical (unpaired) electrons. The van der Waals surface area contributed by atoms with Crippen molar-refractivity contribution in [1.82, 2.24) is 0 Å². The average Bonchev–Trinajstić information content (AvgIpc) is 1.84. The highest BCUT2D eigenvalue weighted by molar-refractivity contribution is 4.69. The first-order valence-corrected chi connectivity index (χ1v) is 4.34. The van der Waals surface area contributed by atoms with Gasteiger partial charge in [0, 0.05) is 12.2 Å². The van der Waals surface area contributed by atoms with Crippen molar-refractivity contribution in [2.45, 2.75) is 52.2 Å². The van der Waals surface area contributed by atoms with E-state index in [1.807, 2.05) is 34.6 Å². The molecule has 0 heterocycles. The lowest BCUT2D eigenvalue weighted by atomic mass is 10.1. The molecule has 0 aromatic rings. The lowest BCUT2D eigenvalue weighted by Gasteiger charge is -2.30. The summed E-state index contributed by atoms with van der Waals surface area (Å²) in [5.41, 5.74) is -0.234. The molecule has 0 aliphatic rings. The standard InChI is InChI=1S/C10H21O2/c1-9(2,3)12-8-7-10(4,5)11-6/h6-8H2,1-5H3/q-1. The first-order valence-electron chi connectivity index (χ1n) is 4.34. The minimum atomic E-state index is -0.175. The summed E-state index contributed by atoms with van der Waals surface area (Å²) in [4.78, 5) is 0. The number of rotatable bonds is 4. The van der Waals surface area contributed by atoms with Gasteiger partial charge in [0.1, 0.15) is 0 Å². The summed E-state index contributed by atoms with van der Waals surface area (Å²) >= 11 is 0. The van der Waals surface area contributed by atoms with E-state index in [1.54, 1.807) is 0 Å². The topological polar surface area (TPSA) is 18.5 Å². The van der Waals surface area contributed by atoms with Crippen molar-refractivity contribution in [2.24, 2.45) is 0 Å². The van der Waals surface area contributed by atoms with Crippen LogP contribution in [0.5, 0.6) is 0 Å². The van der Waals surface area contributed by atoms with Crippen molar-refractivity contribution in [2.75, 3.05) is 6.61 Å². The molecule has 0 aromatic carbocycles. The highest BCUT2D eigenvalue weighted by atomic mass is 16.5. The zero-order valence-corrected chi connectivity index (χ0v) is 8.94. The van der Waals surface area contributed by atoms with Crippen LogP contribution in [0.2, 0.25) is 0 Å². The van der Waals surface area contributed by atoms with Gasteiger partial charge in [-0.05, 0) is 41.0 Å². The summed E-state index contributed by atoms with van der Waals surface area (Å²) in [6.07, 6.45) is 0.869. The normalized spacial score (nSPS) is 13.5. The molecule has 0 bridgehead atoms. The van der Waals surface area contributed by atoms with Crippen LogP contribution in [0.3, 0.4) is 0 Å². The third-order valence-electron chi connectivity index (χ3n) is 1.63. The summed E-state index contributed by atoms with van der Waals surface area (Å²) in [7, 11) is 3.42. The lowest BCUT2D eigenvalue weighted by Crippen LogP contribution is -2.27. The zero-order chi connectivity index (χ0) is 9.83. The Hall–Kier alpha value is -0.0800. The molecule has 2 heteroatoms. The second-order valence-electron chi connectivity index (χ2n) is 4.61. The Labute approximate surface area is 76.3 Å². The van der Waals surface area contributed by atoms with E-state index in [9.17, 15) is 0 Å². The van der Waals surface area contributed by atoms with Crippen LogP contribution in [-0.4, -0.2) is 17.8 Å². The monoisotopic (exact) mass is 173 g/mol. The summed E-state index contributed by atoms with van der Waals surface area (Å²) in [6, 6.07) is 0. The summed E-state index contributed by atoms with van der Waals surface area (Å²) in [5, 5.41) is 0. The predicted molar refractivity (Wildman–Crippen MR) is 50.8 cm³/mol. The van der Waals surface area contributed by atoms with E-state index < -0.39 is 0 Å². The maximum Gasteiger partial charge on any atom is 0.0598 e. The van der Waals surface area contributed by atoms with Crippen LogP contribution in [-0.2, 0) is 9.47 Å². The summed E-state index contributed by atoms with van der Waals surface area (Å²) in [6.45, 7) is 10.9. The highest BCUT2D eigenvalue weighted by Crippen LogP contribution is 2.15. The van der Waals surface area contributed by atoms with Gasteiger partial charge >= 0.3 is 0 Å². The van der Waals surface area contributed by atoms with Crippen LogP contribution in [0.4, 0.5) is 0 Å². The molecule has 0 amide bonds. The second-order valence-corrected chi connectivity index (χ2v) is 4.61. The molecule has 0 aromatic heterocycles. The molecule has 0 N–H and O–H groups in total. The number of ether oxygens (including phenoxy) is 2. The first kappa shape index (κ1) is 11.9. The second kappa shape index (κ2) is 4.24. The van der Waals surface area contributed by atoms with Crippen molar-refractivity contribution < 1.29 is 9.47 Å². The van der Waals surface area contributed by atoms with Gasteiger partial charge in [-0.1, -0.05) is 0 Å². The molecule has 0 spiro atoms. The molecule has 0 atom stereocenters. The summed E-state index contributed by atoms with van der Waals surface area (Å²) < 4.78 is 10.6. The van der Waals surface area contributed by atoms with Gasteiger partial charge in [-0.2, -0.15) is 0 Å². The van der Waals surface area contributed by atoms with Crippen molar-refractivity contribution >= 4 is 0 Å². The smallest absolute Gasteiger partial charge is 0.0598 e. The third-order valence-corrected chi connectivity index (χ3v) is 1.63. The molecule has 0 rings (SSSR count). The van der Waals surface area contributed by atoms with Gasteiger partial charge in [0.05, 0.1) is 5.60 Å².